The Bertz CT molecular complexity index is 1310. The molecule has 0 atom stereocenters. The molecule has 0 bridgehead atoms. The van der Waals surface area contributed by atoms with E-state index in [1.807, 2.05) is 36.9 Å². The summed E-state index contributed by atoms with van der Waals surface area (Å²) in [5, 5.41) is 15.4. The predicted octanol–water partition coefficient (Wildman–Crippen LogP) is 4.03. The summed E-state index contributed by atoms with van der Waals surface area (Å²) < 4.78 is 2.15. The highest BCUT2D eigenvalue weighted by atomic mass is 32.2. The Balaban J connectivity index is 1.43. The van der Waals surface area contributed by atoms with Crippen LogP contribution in [0.4, 0.5) is 0 Å². The molecule has 2 amide bonds. The standard InChI is InChI=1S/C25H26N6O2S/c1-15-8-4-5-9-20(15)30-16(2)12-18(17(30)3)13-19-23(26)31-25(27-24(19)33)34-21(28-31)14-22(32)29-10-6-7-11-29/h4-5,8-9,12-13,26H,6-7,10-11,14H2,1-3H3/b19-13-,26-23?. The topological polar surface area (TPSA) is 94.1 Å². The molecule has 174 valence electrons. The van der Waals surface area contributed by atoms with Crippen molar-refractivity contribution in [3.63, 3.8) is 0 Å². The molecule has 0 spiro atoms. The van der Waals surface area contributed by atoms with Gasteiger partial charge in [0.15, 0.2) is 5.84 Å². The first kappa shape index (κ1) is 22.3. The summed E-state index contributed by atoms with van der Waals surface area (Å²) in [5.41, 5.74) is 5.29. The van der Waals surface area contributed by atoms with Crippen LogP contribution in [-0.2, 0) is 9.59 Å². The molecular weight excluding hydrogens is 448 g/mol. The molecule has 5 rings (SSSR count). The molecule has 34 heavy (non-hydrogen) atoms. The average molecular weight is 475 g/mol. The summed E-state index contributed by atoms with van der Waals surface area (Å²) in [6.07, 6.45) is 3.94. The lowest BCUT2D eigenvalue weighted by Crippen LogP contribution is -2.35. The maximum atomic E-state index is 12.8. The summed E-state index contributed by atoms with van der Waals surface area (Å²) in [5.74, 6) is -0.458. The van der Waals surface area contributed by atoms with Gasteiger partial charge in [0.25, 0.3) is 5.91 Å². The fourth-order valence-corrected chi connectivity index (χ4v) is 5.46. The van der Waals surface area contributed by atoms with Gasteiger partial charge in [-0.15, -0.1) is 0 Å². The second kappa shape index (κ2) is 8.72. The number of aromatic nitrogens is 1. The number of hydrogen-bond acceptors (Lipinski definition) is 5. The molecule has 1 aromatic heterocycles. The maximum absolute atomic E-state index is 12.8. The van der Waals surface area contributed by atoms with Gasteiger partial charge in [-0.1, -0.05) is 18.2 Å². The Kier molecular flexibility index (Phi) is 5.73. The van der Waals surface area contributed by atoms with Crippen LogP contribution in [0.2, 0.25) is 0 Å². The second-order valence-corrected chi connectivity index (χ2v) is 9.77. The number of fused-ring (bicyclic) bond motifs is 1. The number of hydrazone groups is 1. The van der Waals surface area contributed by atoms with Crippen molar-refractivity contribution < 1.29 is 9.59 Å². The third-order valence-electron chi connectivity index (χ3n) is 6.38. The van der Waals surface area contributed by atoms with E-state index in [9.17, 15) is 9.59 Å². The lowest BCUT2D eigenvalue weighted by molar-refractivity contribution is -0.128. The highest BCUT2D eigenvalue weighted by molar-refractivity contribution is 8.27. The highest BCUT2D eigenvalue weighted by Gasteiger charge is 2.36. The Morgan fingerprint density at radius 2 is 1.91 bits per heavy atom. The summed E-state index contributed by atoms with van der Waals surface area (Å²) in [4.78, 5) is 31.4. The summed E-state index contributed by atoms with van der Waals surface area (Å²) >= 11 is 1.19. The van der Waals surface area contributed by atoms with Crippen LogP contribution >= 0.6 is 11.8 Å². The van der Waals surface area contributed by atoms with Crippen LogP contribution in [0.5, 0.6) is 0 Å². The van der Waals surface area contributed by atoms with Crippen LogP contribution in [0.25, 0.3) is 11.8 Å². The molecule has 1 N–H and O–H groups in total. The first-order chi connectivity index (χ1) is 16.3. The molecule has 8 nitrogen and oxygen atoms in total. The van der Waals surface area contributed by atoms with Crippen molar-refractivity contribution in [3.8, 4) is 5.69 Å². The molecular formula is C25H26N6O2S. The van der Waals surface area contributed by atoms with Crippen LogP contribution in [0.3, 0.4) is 0 Å². The molecule has 4 heterocycles. The van der Waals surface area contributed by atoms with E-state index in [-0.39, 0.29) is 23.7 Å². The molecule has 0 saturated carbocycles. The molecule has 9 heteroatoms. The molecule has 2 aromatic rings. The lowest BCUT2D eigenvalue weighted by atomic mass is 10.1. The van der Waals surface area contributed by atoms with Crippen molar-refractivity contribution in [1.82, 2.24) is 14.5 Å². The molecule has 3 aliphatic rings. The van der Waals surface area contributed by atoms with E-state index in [2.05, 4.69) is 33.7 Å². The Labute approximate surface area is 202 Å². The second-order valence-electron chi connectivity index (χ2n) is 8.73. The van der Waals surface area contributed by atoms with E-state index in [0.717, 1.165) is 54.1 Å². The van der Waals surface area contributed by atoms with Gasteiger partial charge in [0.1, 0.15) is 5.04 Å². The van der Waals surface area contributed by atoms with Crippen molar-refractivity contribution in [1.29, 1.82) is 5.41 Å². The Morgan fingerprint density at radius 1 is 1.18 bits per heavy atom. The number of nitrogens with zero attached hydrogens (tertiary/aromatic N) is 5. The van der Waals surface area contributed by atoms with Gasteiger partial charge in [0.2, 0.25) is 11.1 Å². The number of amides is 2. The molecule has 0 unspecified atom stereocenters. The molecule has 1 saturated heterocycles. The quantitative estimate of drug-likeness (QED) is 0.677. The van der Waals surface area contributed by atoms with Crippen LogP contribution in [-0.4, -0.2) is 55.4 Å². The largest absolute Gasteiger partial charge is 0.342 e. The number of amidine groups is 2. The van der Waals surface area contributed by atoms with Gasteiger partial charge in [0.05, 0.1) is 12.0 Å². The number of para-hydroxylation sites is 1. The van der Waals surface area contributed by atoms with Crippen LogP contribution in [0, 0.1) is 26.2 Å². The predicted molar refractivity (Wildman–Crippen MR) is 135 cm³/mol. The average Bonchev–Trinajstić information content (AvgIpc) is 3.52. The number of hydrogen-bond donors (Lipinski definition) is 1. The zero-order valence-electron chi connectivity index (χ0n) is 19.5. The monoisotopic (exact) mass is 474 g/mol. The number of rotatable bonds is 4. The van der Waals surface area contributed by atoms with E-state index in [0.29, 0.717) is 10.2 Å². The fourth-order valence-electron chi connectivity index (χ4n) is 4.59. The normalized spacial score (nSPS) is 19.1. The van der Waals surface area contributed by atoms with Crippen molar-refractivity contribution in [3.05, 3.63) is 58.4 Å². The molecule has 0 radical (unpaired) electrons. The number of aryl methyl sites for hydroxylation is 2. The minimum Gasteiger partial charge on any atom is -0.342 e. The van der Waals surface area contributed by atoms with Crippen molar-refractivity contribution in [2.45, 2.75) is 40.0 Å². The van der Waals surface area contributed by atoms with Crippen molar-refractivity contribution in [2.75, 3.05) is 13.1 Å². The zero-order valence-corrected chi connectivity index (χ0v) is 20.3. The Hall–Kier alpha value is -3.46. The van der Waals surface area contributed by atoms with E-state index < -0.39 is 5.91 Å². The lowest BCUT2D eigenvalue weighted by Gasteiger charge is -2.20. The minimum atomic E-state index is -0.466. The molecule has 3 aliphatic heterocycles. The summed E-state index contributed by atoms with van der Waals surface area (Å²) in [6, 6.07) is 10.2. The molecule has 0 aliphatic carbocycles. The van der Waals surface area contributed by atoms with Gasteiger partial charge in [-0.25, -0.2) is 0 Å². The van der Waals surface area contributed by atoms with Crippen LogP contribution < -0.4 is 0 Å². The zero-order chi connectivity index (χ0) is 24.0. The van der Waals surface area contributed by atoms with Crippen LogP contribution in [0.15, 0.2) is 46.0 Å². The number of nitrogens with one attached hydrogen (secondary N) is 1. The van der Waals surface area contributed by atoms with Gasteiger partial charge < -0.3 is 9.47 Å². The smallest absolute Gasteiger partial charge is 0.283 e. The van der Waals surface area contributed by atoms with E-state index in [1.165, 1.54) is 16.8 Å². The number of carbonyl (C=O) groups excluding carboxylic acids is 2. The van der Waals surface area contributed by atoms with E-state index >= 15 is 0 Å². The highest BCUT2D eigenvalue weighted by Crippen LogP contribution is 2.31. The number of carbonyl (C=O) groups is 2. The van der Waals surface area contributed by atoms with E-state index in [1.54, 1.807) is 6.08 Å². The summed E-state index contributed by atoms with van der Waals surface area (Å²) in [6.45, 7) is 7.66. The number of thioether (sulfide) groups is 1. The molecule has 1 fully saturated rings. The van der Waals surface area contributed by atoms with Crippen molar-refractivity contribution in [2.24, 2.45) is 10.1 Å². The van der Waals surface area contributed by atoms with Gasteiger partial charge in [-0.05, 0) is 74.7 Å². The summed E-state index contributed by atoms with van der Waals surface area (Å²) in [7, 11) is 0. The fraction of sp³-hybridized carbons (Fsp3) is 0.320. The number of likely N-dealkylation sites (tertiary alicyclic amines) is 1. The van der Waals surface area contributed by atoms with Crippen molar-refractivity contribution >= 4 is 45.7 Å². The minimum absolute atomic E-state index is 0.0215. The number of aliphatic imine (C=N–C) groups is 1. The SMILES string of the molecule is Cc1ccccc1-n1c(C)cc(/C=C2/C(=N)N3N=C(CC(=O)N4CCCC4)SC3=NC2=O)c1C. The Morgan fingerprint density at radius 3 is 2.65 bits per heavy atom. The van der Waals surface area contributed by atoms with Gasteiger partial charge in [-0.2, -0.15) is 15.1 Å². The number of benzene rings is 1. The van der Waals surface area contributed by atoms with Crippen LogP contribution in [0.1, 0.15) is 41.8 Å². The van der Waals surface area contributed by atoms with Gasteiger partial charge >= 0.3 is 0 Å². The first-order valence-corrected chi connectivity index (χ1v) is 12.2. The van der Waals surface area contributed by atoms with Gasteiger partial charge in [-0.3, -0.25) is 15.0 Å². The van der Waals surface area contributed by atoms with Gasteiger partial charge in [0, 0.05) is 30.2 Å². The van der Waals surface area contributed by atoms with E-state index in [4.69, 9.17) is 5.41 Å². The first-order valence-electron chi connectivity index (χ1n) is 11.4. The third-order valence-corrected chi connectivity index (χ3v) is 7.29. The maximum Gasteiger partial charge on any atom is 0.283 e. The molecule has 1 aromatic carbocycles. The third kappa shape index (κ3) is 3.90.